The Bertz CT molecular complexity index is 398. The summed E-state index contributed by atoms with van der Waals surface area (Å²) < 4.78 is 6.02. The van der Waals surface area contributed by atoms with E-state index in [0.29, 0.717) is 11.8 Å². The Morgan fingerprint density at radius 3 is 2.60 bits per heavy atom. The van der Waals surface area contributed by atoms with Crippen LogP contribution in [0.1, 0.15) is 10.6 Å². The minimum Gasteiger partial charge on any atom is -0.448 e. The lowest BCUT2D eigenvalue weighted by Gasteiger charge is -1.99. The molecule has 5 heteroatoms. The van der Waals surface area contributed by atoms with Crippen LogP contribution in [-0.4, -0.2) is 0 Å². The van der Waals surface area contributed by atoms with Crippen molar-refractivity contribution in [3.63, 3.8) is 0 Å². The zero-order valence-electron chi connectivity index (χ0n) is 7.80. The van der Waals surface area contributed by atoms with E-state index in [0.717, 1.165) is 16.6 Å². The Balaban J connectivity index is 1.80. The monoisotopic (exact) mass is 261 g/mol. The third kappa shape index (κ3) is 3.24. The lowest BCUT2D eigenvalue weighted by atomic mass is 10.4. The molecule has 2 heterocycles. The number of nitrogens with one attached hydrogen (secondary N) is 1. The van der Waals surface area contributed by atoms with Crippen molar-refractivity contribution >= 4 is 34.5 Å². The van der Waals surface area contributed by atoms with Gasteiger partial charge >= 0.3 is 0 Å². The van der Waals surface area contributed by atoms with Gasteiger partial charge in [0.15, 0.2) is 5.22 Å². The van der Waals surface area contributed by atoms with E-state index in [4.69, 9.17) is 27.6 Å². The van der Waals surface area contributed by atoms with Crippen molar-refractivity contribution in [1.82, 2.24) is 5.32 Å². The molecule has 0 amide bonds. The van der Waals surface area contributed by atoms with Crippen LogP contribution in [0.15, 0.2) is 28.7 Å². The van der Waals surface area contributed by atoms with Crippen molar-refractivity contribution in [2.75, 3.05) is 0 Å². The van der Waals surface area contributed by atoms with Crippen LogP contribution >= 0.6 is 34.5 Å². The molecule has 2 aromatic heterocycles. The van der Waals surface area contributed by atoms with Gasteiger partial charge in [-0.05, 0) is 35.9 Å². The maximum absolute atomic E-state index is 5.81. The molecule has 0 unspecified atom stereocenters. The largest absolute Gasteiger partial charge is 0.448 e. The van der Waals surface area contributed by atoms with Crippen LogP contribution < -0.4 is 5.32 Å². The van der Waals surface area contributed by atoms with Gasteiger partial charge in [-0.25, -0.2) is 0 Å². The predicted octanol–water partition coefficient (Wildman–Crippen LogP) is 3.94. The van der Waals surface area contributed by atoms with Crippen LogP contribution in [0, 0.1) is 0 Å². The minimum atomic E-state index is 0.422. The first-order chi connectivity index (χ1) is 7.24. The zero-order valence-corrected chi connectivity index (χ0v) is 10.1. The third-order valence-electron chi connectivity index (χ3n) is 1.86. The van der Waals surface area contributed by atoms with Crippen LogP contribution in [-0.2, 0) is 13.1 Å². The summed E-state index contributed by atoms with van der Waals surface area (Å²) in [6.07, 6.45) is 0. The molecule has 0 bridgehead atoms. The lowest BCUT2D eigenvalue weighted by Crippen LogP contribution is -2.10. The summed E-state index contributed by atoms with van der Waals surface area (Å²) in [6, 6.07) is 7.50. The molecule has 0 radical (unpaired) electrons. The number of hydrogen-bond donors (Lipinski definition) is 1. The van der Waals surface area contributed by atoms with Gasteiger partial charge in [-0.1, -0.05) is 11.6 Å². The molecule has 0 fully saturated rings. The molecule has 1 N–H and O–H groups in total. The van der Waals surface area contributed by atoms with Crippen molar-refractivity contribution in [3.05, 3.63) is 44.5 Å². The number of furan rings is 1. The van der Waals surface area contributed by atoms with E-state index in [9.17, 15) is 0 Å². The molecule has 0 aromatic carbocycles. The molecule has 0 aliphatic rings. The SMILES string of the molecule is Clc1ccc(CNCc2ccc(Cl)s2)o1. The highest BCUT2D eigenvalue weighted by Crippen LogP contribution is 2.21. The molecule has 0 saturated heterocycles. The second-order valence-electron chi connectivity index (χ2n) is 3.02. The molecular formula is C10H9Cl2NOS. The first-order valence-corrected chi connectivity index (χ1v) is 6.00. The molecule has 2 nitrogen and oxygen atoms in total. The van der Waals surface area contributed by atoms with E-state index in [2.05, 4.69) is 5.32 Å². The Kier molecular flexibility index (Phi) is 3.70. The highest BCUT2D eigenvalue weighted by Gasteiger charge is 2.00. The molecular weight excluding hydrogens is 253 g/mol. The van der Waals surface area contributed by atoms with Crippen LogP contribution in [0.25, 0.3) is 0 Å². The summed E-state index contributed by atoms with van der Waals surface area (Å²) in [5, 5.41) is 3.67. The van der Waals surface area contributed by atoms with Gasteiger partial charge in [-0.2, -0.15) is 0 Å². The topological polar surface area (TPSA) is 25.2 Å². The van der Waals surface area contributed by atoms with Gasteiger partial charge in [-0.3, -0.25) is 0 Å². The van der Waals surface area contributed by atoms with E-state index in [1.54, 1.807) is 17.4 Å². The van der Waals surface area contributed by atoms with Crippen LogP contribution in [0.3, 0.4) is 0 Å². The van der Waals surface area contributed by atoms with Gasteiger partial charge in [-0.15, -0.1) is 11.3 Å². The van der Waals surface area contributed by atoms with Crippen LogP contribution in [0.4, 0.5) is 0 Å². The van der Waals surface area contributed by atoms with Gasteiger partial charge < -0.3 is 9.73 Å². The summed E-state index contributed by atoms with van der Waals surface area (Å²) in [5.74, 6) is 0.836. The average Bonchev–Trinajstić information content (AvgIpc) is 2.76. The summed E-state index contributed by atoms with van der Waals surface area (Å²) >= 11 is 13.0. The fourth-order valence-corrected chi connectivity index (χ4v) is 2.42. The Morgan fingerprint density at radius 1 is 1.13 bits per heavy atom. The van der Waals surface area contributed by atoms with Gasteiger partial charge in [0.1, 0.15) is 5.76 Å². The predicted molar refractivity (Wildman–Crippen MR) is 63.6 cm³/mol. The quantitative estimate of drug-likeness (QED) is 0.902. The standard InChI is InChI=1S/C10H9Cl2NOS/c11-9-3-1-7(14-9)5-13-6-8-2-4-10(12)15-8/h1-4,13H,5-6H2. The normalized spacial score (nSPS) is 10.8. The summed E-state index contributed by atoms with van der Waals surface area (Å²) in [6.45, 7) is 1.46. The summed E-state index contributed by atoms with van der Waals surface area (Å²) in [4.78, 5) is 1.21. The number of rotatable bonds is 4. The second-order valence-corrected chi connectivity index (χ2v) is 5.19. The molecule has 0 spiro atoms. The van der Waals surface area contributed by atoms with Gasteiger partial charge in [0, 0.05) is 11.4 Å². The van der Waals surface area contributed by atoms with Crippen LogP contribution in [0.2, 0.25) is 9.56 Å². The lowest BCUT2D eigenvalue weighted by molar-refractivity contribution is 0.485. The smallest absolute Gasteiger partial charge is 0.193 e. The van der Waals surface area contributed by atoms with E-state index >= 15 is 0 Å². The first-order valence-electron chi connectivity index (χ1n) is 4.43. The molecule has 15 heavy (non-hydrogen) atoms. The Labute approximate surface area is 102 Å². The average molecular weight is 262 g/mol. The molecule has 80 valence electrons. The maximum Gasteiger partial charge on any atom is 0.193 e. The number of hydrogen-bond acceptors (Lipinski definition) is 3. The van der Waals surface area contributed by atoms with Crippen LogP contribution in [0.5, 0.6) is 0 Å². The first kappa shape index (κ1) is 11.0. The molecule has 2 aromatic rings. The Morgan fingerprint density at radius 2 is 2.00 bits per heavy atom. The highest BCUT2D eigenvalue weighted by molar-refractivity contribution is 7.16. The molecule has 0 aliphatic carbocycles. The van der Waals surface area contributed by atoms with Crippen molar-refractivity contribution in [2.24, 2.45) is 0 Å². The molecule has 0 saturated carbocycles. The van der Waals surface area contributed by atoms with Crippen molar-refractivity contribution in [1.29, 1.82) is 0 Å². The van der Waals surface area contributed by atoms with Crippen molar-refractivity contribution < 1.29 is 4.42 Å². The van der Waals surface area contributed by atoms with E-state index < -0.39 is 0 Å². The Hall–Kier alpha value is -0.480. The number of thiophene rings is 1. The second kappa shape index (κ2) is 5.03. The van der Waals surface area contributed by atoms with Gasteiger partial charge in [0.2, 0.25) is 0 Å². The minimum absolute atomic E-state index is 0.422. The van der Waals surface area contributed by atoms with E-state index in [-0.39, 0.29) is 0 Å². The van der Waals surface area contributed by atoms with Crippen molar-refractivity contribution in [3.8, 4) is 0 Å². The summed E-state index contributed by atoms with van der Waals surface area (Å²) in [7, 11) is 0. The number of halogens is 2. The maximum atomic E-state index is 5.81. The molecule has 0 aliphatic heterocycles. The van der Waals surface area contributed by atoms with Gasteiger partial charge in [0.05, 0.1) is 10.9 Å². The third-order valence-corrected chi connectivity index (χ3v) is 3.29. The summed E-state index contributed by atoms with van der Waals surface area (Å²) in [5.41, 5.74) is 0. The molecule has 0 atom stereocenters. The fraction of sp³-hybridized carbons (Fsp3) is 0.200. The van der Waals surface area contributed by atoms with E-state index in [1.165, 1.54) is 4.88 Å². The zero-order chi connectivity index (χ0) is 10.7. The van der Waals surface area contributed by atoms with Gasteiger partial charge in [0.25, 0.3) is 0 Å². The molecule has 2 rings (SSSR count). The highest BCUT2D eigenvalue weighted by atomic mass is 35.5. The van der Waals surface area contributed by atoms with E-state index in [1.807, 2.05) is 18.2 Å². The van der Waals surface area contributed by atoms with Crippen molar-refractivity contribution in [2.45, 2.75) is 13.1 Å². The fourth-order valence-electron chi connectivity index (χ4n) is 1.20.